The lowest BCUT2D eigenvalue weighted by Crippen LogP contribution is -2.62. The van der Waals surface area contributed by atoms with Gasteiger partial charge in [0.05, 0.1) is 5.56 Å². The van der Waals surface area contributed by atoms with Crippen LogP contribution < -0.4 is 16.6 Å². The monoisotopic (exact) mass is 299 g/mol. The van der Waals surface area contributed by atoms with Crippen LogP contribution in [0.3, 0.4) is 0 Å². The number of hydrogen-bond acceptors (Lipinski definition) is 5. The first-order chi connectivity index (χ1) is 10.6. The van der Waals surface area contributed by atoms with Gasteiger partial charge in [0, 0.05) is 30.9 Å². The molecule has 0 radical (unpaired) electrons. The van der Waals surface area contributed by atoms with Crippen LogP contribution in [0.15, 0.2) is 18.5 Å². The first-order valence-corrected chi connectivity index (χ1v) is 7.74. The molecule has 4 N–H and O–H groups in total. The Hall–Kier alpha value is -1.97. The third-order valence-electron chi connectivity index (χ3n) is 5.16. The summed E-state index contributed by atoms with van der Waals surface area (Å²) in [5.74, 6) is 1.01. The van der Waals surface area contributed by atoms with E-state index in [1.165, 1.54) is 0 Å². The van der Waals surface area contributed by atoms with E-state index in [0.717, 1.165) is 18.4 Å². The SMILES string of the molecule is CC1CC2C(=O)NNC(CN)C2CC1c1cncc(C#N)c1. The number of carbonyl (C=O) groups is 1. The van der Waals surface area contributed by atoms with Crippen molar-refractivity contribution < 1.29 is 4.79 Å². The van der Waals surface area contributed by atoms with Crippen LogP contribution in [0.4, 0.5) is 0 Å². The van der Waals surface area contributed by atoms with E-state index in [1.807, 2.05) is 12.3 Å². The van der Waals surface area contributed by atoms with Crippen molar-refractivity contribution in [3.05, 3.63) is 29.6 Å². The number of aromatic nitrogens is 1. The molecule has 1 aliphatic heterocycles. The lowest BCUT2D eigenvalue weighted by Gasteiger charge is -2.46. The summed E-state index contributed by atoms with van der Waals surface area (Å²) in [4.78, 5) is 16.3. The van der Waals surface area contributed by atoms with Crippen molar-refractivity contribution >= 4 is 5.91 Å². The molecule has 5 unspecified atom stereocenters. The molecule has 2 heterocycles. The molecule has 6 heteroatoms. The topological polar surface area (TPSA) is 104 Å². The third-order valence-corrected chi connectivity index (χ3v) is 5.16. The number of fused-ring (bicyclic) bond motifs is 1. The summed E-state index contributed by atoms with van der Waals surface area (Å²) >= 11 is 0. The summed E-state index contributed by atoms with van der Waals surface area (Å²) in [6.45, 7) is 2.67. The van der Waals surface area contributed by atoms with E-state index in [-0.39, 0.29) is 23.8 Å². The van der Waals surface area contributed by atoms with Gasteiger partial charge in [-0.2, -0.15) is 5.26 Å². The van der Waals surface area contributed by atoms with Crippen molar-refractivity contribution in [2.24, 2.45) is 23.5 Å². The summed E-state index contributed by atoms with van der Waals surface area (Å²) in [5, 5.41) is 9.06. The molecule has 0 spiro atoms. The quantitative estimate of drug-likeness (QED) is 0.744. The number of nitrogens with one attached hydrogen (secondary N) is 2. The van der Waals surface area contributed by atoms with E-state index in [1.54, 1.807) is 6.20 Å². The number of rotatable bonds is 2. The van der Waals surface area contributed by atoms with Crippen molar-refractivity contribution in [3.8, 4) is 6.07 Å². The van der Waals surface area contributed by atoms with Crippen LogP contribution in [-0.2, 0) is 4.79 Å². The normalized spacial score (nSPS) is 34.4. The Kier molecular flexibility index (Phi) is 4.10. The average molecular weight is 299 g/mol. The average Bonchev–Trinajstić information content (AvgIpc) is 2.55. The first-order valence-electron chi connectivity index (χ1n) is 7.74. The molecule has 2 aliphatic rings. The summed E-state index contributed by atoms with van der Waals surface area (Å²) in [7, 11) is 0. The Morgan fingerprint density at radius 1 is 1.41 bits per heavy atom. The van der Waals surface area contributed by atoms with Crippen molar-refractivity contribution in [2.45, 2.75) is 31.7 Å². The van der Waals surface area contributed by atoms with Gasteiger partial charge >= 0.3 is 0 Å². The zero-order chi connectivity index (χ0) is 15.7. The molecule has 1 aliphatic carbocycles. The zero-order valence-electron chi connectivity index (χ0n) is 12.6. The van der Waals surface area contributed by atoms with Gasteiger partial charge in [-0.15, -0.1) is 0 Å². The molecule has 0 bridgehead atoms. The molecule has 116 valence electrons. The molecule has 5 atom stereocenters. The third kappa shape index (κ3) is 2.58. The van der Waals surface area contributed by atoms with E-state index in [9.17, 15) is 4.79 Å². The smallest absolute Gasteiger partial charge is 0.237 e. The summed E-state index contributed by atoms with van der Waals surface area (Å²) in [6.07, 6.45) is 5.16. The molecule has 1 amide bonds. The van der Waals surface area contributed by atoms with Gasteiger partial charge in [0.15, 0.2) is 0 Å². The van der Waals surface area contributed by atoms with E-state index >= 15 is 0 Å². The fourth-order valence-corrected chi connectivity index (χ4v) is 3.96. The first kappa shape index (κ1) is 14.9. The molecule has 2 fully saturated rings. The predicted octanol–water partition coefficient (Wildman–Crippen LogP) is 0.661. The highest BCUT2D eigenvalue weighted by Gasteiger charge is 2.45. The number of pyridine rings is 1. The maximum atomic E-state index is 12.1. The van der Waals surface area contributed by atoms with Gasteiger partial charge in [-0.3, -0.25) is 15.2 Å². The second-order valence-corrected chi connectivity index (χ2v) is 6.42. The molecule has 1 saturated carbocycles. The standard InChI is InChI=1S/C16H21N5O/c1-9-2-14-13(15(6-18)20-21-16(14)22)4-12(9)11-3-10(5-17)7-19-8-11/h3,7-9,12-15,20H,2,4,6,18H2,1H3,(H,21,22). The molecule has 0 aromatic carbocycles. The number of nitrogens with two attached hydrogens (primary N) is 1. The molecular formula is C16H21N5O. The van der Waals surface area contributed by atoms with Gasteiger partial charge in [-0.05, 0) is 42.2 Å². The van der Waals surface area contributed by atoms with E-state index in [0.29, 0.717) is 23.9 Å². The Morgan fingerprint density at radius 2 is 2.23 bits per heavy atom. The fourth-order valence-electron chi connectivity index (χ4n) is 3.96. The van der Waals surface area contributed by atoms with Crippen molar-refractivity contribution in [3.63, 3.8) is 0 Å². The number of amides is 1. The number of hydrazine groups is 1. The molecule has 3 rings (SSSR count). The number of nitrogens with zero attached hydrogens (tertiary/aromatic N) is 2. The maximum Gasteiger partial charge on any atom is 0.237 e. The molecule has 1 saturated heterocycles. The van der Waals surface area contributed by atoms with Gasteiger partial charge in [0.25, 0.3) is 0 Å². The highest BCUT2D eigenvalue weighted by Crippen LogP contribution is 2.45. The zero-order valence-corrected chi connectivity index (χ0v) is 12.6. The minimum absolute atomic E-state index is 0.0214. The van der Waals surface area contributed by atoms with Crippen molar-refractivity contribution in [2.75, 3.05) is 6.54 Å². The number of nitriles is 1. The number of hydrogen-bond donors (Lipinski definition) is 3. The maximum absolute atomic E-state index is 12.1. The second kappa shape index (κ2) is 6.03. The van der Waals surface area contributed by atoms with Crippen LogP contribution in [0, 0.1) is 29.1 Å². The van der Waals surface area contributed by atoms with E-state index in [4.69, 9.17) is 11.0 Å². The van der Waals surface area contributed by atoms with Gasteiger partial charge in [-0.25, -0.2) is 5.43 Å². The van der Waals surface area contributed by atoms with E-state index in [2.05, 4.69) is 28.8 Å². The summed E-state index contributed by atoms with van der Waals surface area (Å²) in [5.41, 5.74) is 13.3. The largest absolute Gasteiger partial charge is 0.329 e. The van der Waals surface area contributed by atoms with Crippen LogP contribution in [0.2, 0.25) is 0 Å². The Bertz CT molecular complexity index is 611. The van der Waals surface area contributed by atoms with Crippen molar-refractivity contribution in [1.82, 2.24) is 15.8 Å². The predicted molar refractivity (Wildman–Crippen MR) is 81.2 cm³/mol. The van der Waals surface area contributed by atoms with Crippen LogP contribution in [0.5, 0.6) is 0 Å². The Morgan fingerprint density at radius 3 is 2.95 bits per heavy atom. The van der Waals surface area contributed by atoms with Crippen molar-refractivity contribution in [1.29, 1.82) is 5.26 Å². The molecule has 22 heavy (non-hydrogen) atoms. The lowest BCUT2D eigenvalue weighted by molar-refractivity contribution is -0.134. The molecule has 6 nitrogen and oxygen atoms in total. The fraction of sp³-hybridized carbons (Fsp3) is 0.562. The molecule has 1 aromatic heterocycles. The van der Waals surface area contributed by atoms with Crippen LogP contribution in [0.1, 0.15) is 36.8 Å². The summed E-state index contributed by atoms with van der Waals surface area (Å²) in [6, 6.07) is 4.17. The summed E-state index contributed by atoms with van der Waals surface area (Å²) < 4.78 is 0. The van der Waals surface area contributed by atoms with Gasteiger partial charge in [0.1, 0.15) is 6.07 Å². The van der Waals surface area contributed by atoms with Gasteiger partial charge < -0.3 is 5.73 Å². The highest BCUT2D eigenvalue weighted by atomic mass is 16.2. The Balaban J connectivity index is 1.87. The minimum Gasteiger partial charge on any atom is -0.329 e. The molecular weight excluding hydrogens is 278 g/mol. The van der Waals surface area contributed by atoms with Crippen LogP contribution in [-0.4, -0.2) is 23.5 Å². The van der Waals surface area contributed by atoms with Crippen LogP contribution >= 0.6 is 0 Å². The minimum atomic E-state index is 0.0214. The van der Waals surface area contributed by atoms with Gasteiger partial charge in [0.2, 0.25) is 5.91 Å². The number of carbonyl (C=O) groups excluding carboxylic acids is 1. The van der Waals surface area contributed by atoms with E-state index < -0.39 is 0 Å². The van der Waals surface area contributed by atoms with Crippen LogP contribution in [0.25, 0.3) is 0 Å². The van der Waals surface area contributed by atoms with Gasteiger partial charge in [-0.1, -0.05) is 6.92 Å². The second-order valence-electron chi connectivity index (χ2n) is 6.42. The molecule has 1 aromatic rings. The Labute approximate surface area is 130 Å². The highest BCUT2D eigenvalue weighted by molar-refractivity contribution is 5.79. The lowest BCUT2D eigenvalue weighted by atomic mass is 9.64.